The first-order chi connectivity index (χ1) is 6.33. The van der Waals surface area contributed by atoms with E-state index in [1.54, 1.807) is 0 Å². The van der Waals surface area contributed by atoms with Gasteiger partial charge in [0, 0.05) is 19.5 Å². The van der Waals surface area contributed by atoms with Crippen LogP contribution in [0.25, 0.3) is 0 Å². The average Bonchev–Trinajstić information content (AvgIpc) is 2.56. The number of hydrogen-bond donors (Lipinski definition) is 2. The van der Waals surface area contributed by atoms with Crippen LogP contribution in [0.3, 0.4) is 0 Å². The lowest BCUT2D eigenvalue weighted by Gasteiger charge is -2.06. The van der Waals surface area contributed by atoms with Crippen molar-refractivity contribution in [1.82, 2.24) is 10.2 Å². The van der Waals surface area contributed by atoms with Gasteiger partial charge in [0.15, 0.2) is 0 Å². The van der Waals surface area contributed by atoms with Crippen molar-refractivity contribution in [1.29, 1.82) is 0 Å². The Bertz CT molecular complexity index is 178. The van der Waals surface area contributed by atoms with Crippen LogP contribution in [0.4, 0.5) is 0 Å². The zero-order chi connectivity index (χ0) is 10.1. The van der Waals surface area contributed by atoms with Crippen LogP contribution in [0.2, 0.25) is 0 Å². The Morgan fingerprint density at radius 3 is 2.85 bits per heavy atom. The molecule has 0 amide bonds. The van der Waals surface area contributed by atoms with Crippen LogP contribution in [-0.2, 0) is 0 Å². The Morgan fingerprint density at radius 1 is 1.69 bits per heavy atom. The summed E-state index contributed by atoms with van der Waals surface area (Å²) in [5.74, 6) is 0. The molecule has 0 atom stereocenters. The lowest BCUT2D eigenvalue weighted by atomic mass is 10.3. The van der Waals surface area contributed by atoms with Crippen molar-refractivity contribution >= 4 is 0 Å². The van der Waals surface area contributed by atoms with Crippen molar-refractivity contribution in [2.45, 2.75) is 26.7 Å². The number of allylic oxidation sites excluding steroid dienone is 2. The molecule has 13 heavy (non-hydrogen) atoms. The molecule has 0 saturated carbocycles. The summed E-state index contributed by atoms with van der Waals surface area (Å²) in [5, 5.41) is 3.23. The van der Waals surface area contributed by atoms with Gasteiger partial charge in [-0.3, -0.25) is 0 Å². The van der Waals surface area contributed by atoms with Crippen LogP contribution in [-0.4, -0.2) is 18.6 Å². The third kappa shape index (κ3) is 5.31. The first kappa shape index (κ1) is 12.0. The molecule has 1 aliphatic heterocycles. The molecule has 0 bridgehead atoms. The number of nitrogens with two attached hydrogens (primary N) is 1. The largest absolute Gasteiger partial charge is 0.370 e. The molecular formula is C10H23N3. The SMILES string of the molecule is CCC/C=C/N1C=C(C)NC1.CN.[HH]. The normalized spacial score (nSPS) is 15.1. The van der Waals surface area contributed by atoms with Crippen LogP contribution in [0.15, 0.2) is 24.2 Å². The van der Waals surface area contributed by atoms with E-state index in [4.69, 9.17) is 0 Å². The molecule has 78 valence electrons. The lowest BCUT2D eigenvalue weighted by Crippen LogP contribution is -2.15. The fraction of sp³-hybridized carbons (Fsp3) is 0.600. The number of unbranched alkanes of at least 4 members (excludes halogenated alkanes) is 1. The molecule has 3 heteroatoms. The van der Waals surface area contributed by atoms with Crippen molar-refractivity contribution in [2.24, 2.45) is 5.73 Å². The Kier molecular flexibility index (Phi) is 7.11. The van der Waals surface area contributed by atoms with Gasteiger partial charge in [-0.2, -0.15) is 0 Å². The van der Waals surface area contributed by atoms with Crippen LogP contribution >= 0.6 is 0 Å². The van der Waals surface area contributed by atoms with Gasteiger partial charge in [-0.05, 0) is 20.4 Å². The summed E-state index contributed by atoms with van der Waals surface area (Å²) in [7, 11) is 1.50. The van der Waals surface area contributed by atoms with E-state index in [1.807, 2.05) is 0 Å². The van der Waals surface area contributed by atoms with Gasteiger partial charge < -0.3 is 16.0 Å². The first-order valence-corrected chi connectivity index (χ1v) is 4.75. The maximum absolute atomic E-state index is 4.50. The minimum Gasteiger partial charge on any atom is -0.370 e. The molecule has 0 aromatic heterocycles. The van der Waals surface area contributed by atoms with E-state index >= 15 is 0 Å². The van der Waals surface area contributed by atoms with E-state index in [-0.39, 0.29) is 1.43 Å². The highest BCUT2D eigenvalue weighted by Gasteiger charge is 2.02. The monoisotopic (exact) mass is 185 g/mol. The highest BCUT2D eigenvalue weighted by Crippen LogP contribution is 2.03. The van der Waals surface area contributed by atoms with E-state index < -0.39 is 0 Å². The molecule has 0 spiro atoms. The zero-order valence-corrected chi connectivity index (χ0v) is 8.88. The summed E-state index contributed by atoms with van der Waals surface area (Å²) in [6.07, 6.45) is 8.85. The molecule has 0 unspecified atom stereocenters. The molecule has 3 N–H and O–H groups in total. The van der Waals surface area contributed by atoms with E-state index in [0.29, 0.717) is 0 Å². The van der Waals surface area contributed by atoms with Gasteiger partial charge in [0.25, 0.3) is 0 Å². The minimum absolute atomic E-state index is 0. The Hall–Kier alpha value is -0.960. The smallest absolute Gasteiger partial charge is 0.0912 e. The molecule has 1 rings (SSSR count). The predicted molar refractivity (Wildman–Crippen MR) is 59.9 cm³/mol. The van der Waals surface area contributed by atoms with Crippen molar-refractivity contribution in [2.75, 3.05) is 13.7 Å². The second-order valence-corrected chi connectivity index (χ2v) is 2.83. The summed E-state index contributed by atoms with van der Waals surface area (Å²) < 4.78 is 0. The molecule has 1 heterocycles. The van der Waals surface area contributed by atoms with E-state index in [0.717, 1.165) is 6.67 Å². The van der Waals surface area contributed by atoms with Gasteiger partial charge in [0.05, 0.1) is 6.67 Å². The van der Waals surface area contributed by atoms with Crippen LogP contribution in [0, 0.1) is 0 Å². The Balaban J connectivity index is 0. The Morgan fingerprint density at radius 2 is 2.38 bits per heavy atom. The van der Waals surface area contributed by atoms with Gasteiger partial charge in [0.1, 0.15) is 0 Å². The minimum atomic E-state index is 0. The molecule has 0 aromatic carbocycles. The van der Waals surface area contributed by atoms with Gasteiger partial charge in [-0.1, -0.05) is 19.4 Å². The first-order valence-electron chi connectivity index (χ1n) is 4.75. The predicted octanol–water partition coefficient (Wildman–Crippen LogP) is 1.85. The summed E-state index contributed by atoms with van der Waals surface area (Å²) in [4.78, 5) is 2.16. The standard InChI is InChI=1S/C9H16N2.CH5N.H2/c1-3-4-5-6-11-7-9(2)10-8-11;1-2;/h5-7,10H,3-4,8H2,1-2H3;2H2,1H3;1H/b6-5+;;. The summed E-state index contributed by atoms with van der Waals surface area (Å²) >= 11 is 0. The van der Waals surface area contributed by atoms with Crippen molar-refractivity contribution in [3.63, 3.8) is 0 Å². The molecule has 0 aromatic rings. The molecule has 3 nitrogen and oxygen atoms in total. The van der Waals surface area contributed by atoms with Crippen LogP contribution in [0.1, 0.15) is 28.1 Å². The fourth-order valence-corrected chi connectivity index (χ4v) is 1.03. The molecule has 0 aliphatic carbocycles. The second-order valence-electron chi connectivity index (χ2n) is 2.83. The maximum atomic E-state index is 4.50. The lowest BCUT2D eigenvalue weighted by molar-refractivity contribution is 0.519. The summed E-state index contributed by atoms with van der Waals surface area (Å²) in [5.41, 5.74) is 5.74. The average molecular weight is 185 g/mol. The molecular weight excluding hydrogens is 162 g/mol. The van der Waals surface area contributed by atoms with Gasteiger partial charge >= 0.3 is 0 Å². The van der Waals surface area contributed by atoms with Gasteiger partial charge in [-0.15, -0.1) is 0 Å². The molecule has 1 aliphatic rings. The van der Waals surface area contributed by atoms with Crippen LogP contribution in [0.5, 0.6) is 0 Å². The number of rotatable bonds is 3. The van der Waals surface area contributed by atoms with Crippen molar-refractivity contribution in [3.8, 4) is 0 Å². The molecule has 0 radical (unpaired) electrons. The van der Waals surface area contributed by atoms with Gasteiger partial charge in [0.2, 0.25) is 0 Å². The molecule has 0 saturated heterocycles. The zero-order valence-electron chi connectivity index (χ0n) is 8.88. The summed E-state index contributed by atoms with van der Waals surface area (Å²) in [6.45, 7) is 5.19. The van der Waals surface area contributed by atoms with Crippen molar-refractivity contribution < 1.29 is 1.43 Å². The highest BCUT2D eigenvalue weighted by molar-refractivity contribution is 5.04. The summed E-state index contributed by atoms with van der Waals surface area (Å²) in [6, 6.07) is 0. The fourth-order valence-electron chi connectivity index (χ4n) is 1.03. The third-order valence-corrected chi connectivity index (χ3v) is 1.65. The van der Waals surface area contributed by atoms with Crippen molar-refractivity contribution in [3.05, 3.63) is 24.2 Å². The maximum Gasteiger partial charge on any atom is 0.0912 e. The highest BCUT2D eigenvalue weighted by atomic mass is 15.2. The number of nitrogens with one attached hydrogen (secondary N) is 1. The third-order valence-electron chi connectivity index (χ3n) is 1.65. The quantitative estimate of drug-likeness (QED) is 0.705. The van der Waals surface area contributed by atoms with Gasteiger partial charge in [-0.25, -0.2) is 0 Å². The van der Waals surface area contributed by atoms with E-state index in [2.05, 4.69) is 48.3 Å². The topological polar surface area (TPSA) is 41.3 Å². The second kappa shape index (κ2) is 7.68. The number of nitrogens with zero attached hydrogens (tertiary/aromatic N) is 1. The Labute approximate surface area is 82.8 Å². The number of hydrogen-bond acceptors (Lipinski definition) is 3. The van der Waals surface area contributed by atoms with E-state index in [1.165, 1.54) is 25.6 Å². The molecule has 0 fully saturated rings. The van der Waals surface area contributed by atoms with Crippen LogP contribution < -0.4 is 11.1 Å². The van der Waals surface area contributed by atoms with E-state index in [9.17, 15) is 0 Å².